The number of carbonyl (C=O) groups is 2. The average molecular weight is 447 g/mol. The van der Waals surface area contributed by atoms with Gasteiger partial charge in [0.25, 0.3) is 11.8 Å². The molecule has 170 valence electrons. The van der Waals surface area contributed by atoms with E-state index in [2.05, 4.69) is 17.6 Å². The van der Waals surface area contributed by atoms with Crippen molar-refractivity contribution in [2.24, 2.45) is 5.92 Å². The summed E-state index contributed by atoms with van der Waals surface area (Å²) in [7, 11) is 0. The number of hydrogen-bond donors (Lipinski definition) is 3. The van der Waals surface area contributed by atoms with Crippen LogP contribution in [-0.4, -0.2) is 33.8 Å². The SMILES string of the molecule is CC1CCCC1OC1Cn2cc(C(=O)NCc3ccc(F)cc3F)c(=O)c(O)c2C(=O)N1. The van der Waals surface area contributed by atoms with Crippen LogP contribution in [0, 0.1) is 17.6 Å². The van der Waals surface area contributed by atoms with Gasteiger partial charge in [0.05, 0.1) is 12.6 Å². The molecule has 2 aromatic rings. The van der Waals surface area contributed by atoms with Crippen LogP contribution in [0.1, 0.15) is 52.6 Å². The van der Waals surface area contributed by atoms with Crippen molar-refractivity contribution in [1.82, 2.24) is 15.2 Å². The van der Waals surface area contributed by atoms with Crippen molar-refractivity contribution in [3.8, 4) is 5.75 Å². The number of aromatic nitrogens is 1. The first kappa shape index (κ1) is 21.9. The van der Waals surface area contributed by atoms with Crippen LogP contribution >= 0.6 is 0 Å². The minimum atomic E-state index is -1.02. The standard InChI is InChI=1S/C22H23F2N3O5/c1-11-3-2-4-16(11)32-17-10-27-9-14(19(28)20(29)18(27)22(31)26-17)21(30)25-8-12-5-6-13(23)7-15(12)24/h5-7,9,11,16-17,29H,2-4,8,10H2,1H3,(H,25,30)(H,26,31). The predicted molar refractivity (Wildman–Crippen MR) is 109 cm³/mol. The number of carbonyl (C=O) groups excluding carboxylic acids is 2. The van der Waals surface area contributed by atoms with Crippen molar-refractivity contribution in [2.45, 2.75) is 51.6 Å². The maximum atomic E-state index is 13.8. The number of ether oxygens (including phenoxy) is 1. The summed E-state index contributed by atoms with van der Waals surface area (Å²) in [5.74, 6) is -3.63. The van der Waals surface area contributed by atoms with Crippen molar-refractivity contribution < 1.29 is 28.2 Å². The molecule has 0 saturated heterocycles. The van der Waals surface area contributed by atoms with E-state index in [4.69, 9.17) is 4.74 Å². The third-order valence-corrected chi connectivity index (χ3v) is 5.95. The molecule has 4 rings (SSSR count). The summed E-state index contributed by atoms with van der Waals surface area (Å²) in [5, 5.41) is 15.3. The Balaban J connectivity index is 1.54. The van der Waals surface area contributed by atoms with E-state index in [0.717, 1.165) is 25.3 Å². The predicted octanol–water partition coefficient (Wildman–Crippen LogP) is 2.04. The molecule has 1 aliphatic heterocycles. The van der Waals surface area contributed by atoms with Gasteiger partial charge in [-0.25, -0.2) is 8.78 Å². The molecule has 0 radical (unpaired) electrons. The van der Waals surface area contributed by atoms with Gasteiger partial charge >= 0.3 is 0 Å². The van der Waals surface area contributed by atoms with Crippen LogP contribution in [0.5, 0.6) is 5.75 Å². The van der Waals surface area contributed by atoms with Crippen molar-refractivity contribution in [1.29, 1.82) is 0 Å². The molecule has 1 aromatic heterocycles. The summed E-state index contributed by atoms with van der Waals surface area (Å²) in [4.78, 5) is 37.6. The van der Waals surface area contributed by atoms with E-state index in [1.807, 2.05) is 0 Å². The number of rotatable bonds is 5. The van der Waals surface area contributed by atoms with Gasteiger partial charge in [0.2, 0.25) is 5.43 Å². The Labute approximate surface area is 182 Å². The monoisotopic (exact) mass is 447 g/mol. The van der Waals surface area contributed by atoms with E-state index < -0.39 is 46.4 Å². The van der Waals surface area contributed by atoms with Crippen LogP contribution in [0.25, 0.3) is 0 Å². The fourth-order valence-corrected chi connectivity index (χ4v) is 4.17. The average Bonchev–Trinajstić information content (AvgIpc) is 3.13. The lowest BCUT2D eigenvalue weighted by Crippen LogP contribution is -2.49. The van der Waals surface area contributed by atoms with E-state index in [0.29, 0.717) is 12.0 Å². The maximum Gasteiger partial charge on any atom is 0.273 e. The minimum absolute atomic E-state index is 0.0109. The number of pyridine rings is 1. The molecular weight excluding hydrogens is 424 g/mol. The number of amides is 2. The zero-order valence-electron chi connectivity index (χ0n) is 17.4. The highest BCUT2D eigenvalue weighted by atomic mass is 19.1. The fraction of sp³-hybridized carbons (Fsp3) is 0.409. The quantitative estimate of drug-likeness (QED) is 0.650. The van der Waals surface area contributed by atoms with Gasteiger partial charge in [0, 0.05) is 24.4 Å². The lowest BCUT2D eigenvalue weighted by Gasteiger charge is -2.31. The van der Waals surface area contributed by atoms with Crippen molar-refractivity contribution in [3.05, 3.63) is 63.1 Å². The van der Waals surface area contributed by atoms with Crippen LogP contribution in [0.3, 0.4) is 0 Å². The number of aromatic hydroxyl groups is 1. The molecule has 1 saturated carbocycles. The van der Waals surface area contributed by atoms with Gasteiger partial charge in [-0.15, -0.1) is 0 Å². The van der Waals surface area contributed by atoms with Crippen LogP contribution in [0.2, 0.25) is 0 Å². The lowest BCUT2D eigenvalue weighted by atomic mass is 10.1. The van der Waals surface area contributed by atoms with Gasteiger partial charge in [-0.1, -0.05) is 19.4 Å². The normalized spacial score (nSPS) is 22.3. The Kier molecular flexibility index (Phi) is 5.96. The number of halogens is 2. The van der Waals surface area contributed by atoms with E-state index in [9.17, 15) is 28.3 Å². The third kappa shape index (κ3) is 4.22. The Hall–Kier alpha value is -3.27. The van der Waals surface area contributed by atoms with Crippen molar-refractivity contribution in [3.63, 3.8) is 0 Å². The summed E-state index contributed by atoms with van der Waals surface area (Å²) in [6.07, 6.45) is 3.45. The summed E-state index contributed by atoms with van der Waals surface area (Å²) in [6.45, 7) is 1.88. The number of hydrogen-bond acceptors (Lipinski definition) is 5. The number of benzene rings is 1. The van der Waals surface area contributed by atoms with E-state index in [-0.39, 0.29) is 30.5 Å². The Bertz CT molecular complexity index is 1130. The van der Waals surface area contributed by atoms with Crippen molar-refractivity contribution in [2.75, 3.05) is 0 Å². The molecular formula is C22H23F2N3O5. The molecule has 3 N–H and O–H groups in total. The summed E-state index contributed by atoms with van der Waals surface area (Å²) in [6, 6.07) is 2.91. The molecule has 0 bridgehead atoms. The summed E-state index contributed by atoms with van der Waals surface area (Å²) >= 11 is 0. The Morgan fingerprint density at radius 2 is 2.09 bits per heavy atom. The van der Waals surface area contributed by atoms with Gasteiger partial charge in [0.15, 0.2) is 11.4 Å². The van der Waals surface area contributed by atoms with Gasteiger partial charge in [-0.2, -0.15) is 0 Å². The molecule has 2 aliphatic rings. The van der Waals surface area contributed by atoms with E-state index >= 15 is 0 Å². The van der Waals surface area contributed by atoms with Gasteiger partial charge in [0.1, 0.15) is 23.4 Å². The summed E-state index contributed by atoms with van der Waals surface area (Å²) < 4.78 is 34.2. The Morgan fingerprint density at radius 1 is 1.31 bits per heavy atom. The molecule has 8 nitrogen and oxygen atoms in total. The first-order valence-corrected chi connectivity index (χ1v) is 10.4. The molecule has 1 fully saturated rings. The molecule has 1 aliphatic carbocycles. The number of nitrogens with zero attached hydrogens (tertiary/aromatic N) is 1. The molecule has 2 heterocycles. The number of nitrogens with one attached hydrogen (secondary N) is 2. The fourth-order valence-electron chi connectivity index (χ4n) is 4.17. The minimum Gasteiger partial charge on any atom is -0.503 e. The molecule has 3 unspecified atom stereocenters. The topological polar surface area (TPSA) is 110 Å². The first-order chi connectivity index (χ1) is 15.2. The van der Waals surface area contributed by atoms with Crippen molar-refractivity contribution >= 4 is 11.8 Å². The maximum absolute atomic E-state index is 13.8. The highest BCUT2D eigenvalue weighted by Crippen LogP contribution is 2.29. The molecule has 32 heavy (non-hydrogen) atoms. The van der Waals surface area contributed by atoms with Crippen LogP contribution in [0.15, 0.2) is 29.2 Å². The van der Waals surface area contributed by atoms with E-state index in [1.165, 1.54) is 16.8 Å². The second kappa shape index (κ2) is 8.70. The molecule has 2 amide bonds. The largest absolute Gasteiger partial charge is 0.503 e. The van der Waals surface area contributed by atoms with Crippen LogP contribution < -0.4 is 16.1 Å². The third-order valence-electron chi connectivity index (χ3n) is 5.95. The molecule has 1 aromatic carbocycles. The van der Waals surface area contributed by atoms with Gasteiger partial charge < -0.3 is 25.0 Å². The molecule has 10 heteroatoms. The van der Waals surface area contributed by atoms with Gasteiger partial charge in [-0.3, -0.25) is 14.4 Å². The van der Waals surface area contributed by atoms with Crippen LogP contribution in [0.4, 0.5) is 8.78 Å². The second-order valence-electron chi connectivity index (χ2n) is 8.18. The summed E-state index contributed by atoms with van der Waals surface area (Å²) in [5.41, 5.74) is -1.65. The van der Waals surface area contributed by atoms with E-state index in [1.54, 1.807) is 0 Å². The lowest BCUT2D eigenvalue weighted by molar-refractivity contribution is -0.0519. The zero-order chi connectivity index (χ0) is 23.0. The van der Waals surface area contributed by atoms with Crippen LogP contribution in [-0.2, 0) is 17.8 Å². The first-order valence-electron chi connectivity index (χ1n) is 10.4. The second-order valence-corrected chi connectivity index (χ2v) is 8.18. The highest BCUT2D eigenvalue weighted by Gasteiger charge is 2.34. The molecule has 0 spiro atoms. The van der Waals surface area contributed by atoms with Gasteiger partial charge in [-0.05, 0) is 24.8 Å². The number of fused-ring (bicyclic) bond motifs is 1. The Morgan fingerprint density at radius 3 is 2.78 bits per heavy atom. The molecule has 3 atom stereocenters. The highest BCUT2D eigenvalue weighted by molar-refractivity contribution is 5.99. The zero-order valence-corrected chi connectivity index (χ0v) is 17.4. The smallest absolute Gasteiger partial charge is 0.273 e.